The molecule has 0 amide bonds. The summed E-state index contributed by atoms with van der Waals surface area (Å²) in [5, 5.41) is 14.5. The minimum absolute atomic E-state index is 0.0222. The summed E-state index contributed by atoms with van der Waals surface area (Å²) in [6, 6.07) is 11.1. The quantitative estimate of drug-likeness (QED) is 0.289. The largest absolute Gasteiger partial charge is 0.380 e. The number of carbonyl (C=O) groups is 1. The van der Waals surface area contributed by atoms with Crippen LogP contribution in [0.1, 0.15) is 21.5 Å². The van der Waals surface area contributed by atoms with Crippen molar-refractivity contribution in [3.8, 4) is 0 Å². The number of nitro groups is 1. The smallest absolute Gasteiger partial charge is 0.366 e. The molecule has 0 saturated heterocycles. The average molecular weight is 378 g/mol. The van der Waals surface area contributed by atoms with Gasteiger partial charge in [0.2, 0.25) is 0 Å². The van der Waals surface area contributed by atoms with Gasteiger partial charge < -0.3 is 10.6 Å². The fraction of sp³-hybridized carbons (Fsp3) is 0.0667. The number of amidine groups is 1. The lowest BCUT2D eigenvalue weighted by atomic mass is 10.1. The molecule has 0 fully saturated rings. The summed E-state index contributed by atoms with van der Waals surface area (Å²) in [6.45, 7) is 1.47. The third kappa shape index (κ3) is 3.92. The van der Waals surface area contributed by atoms with Crippen LogP contribution in [0.15, 0.2) is 52.1 Å². The van der Waals surface area contributed by atoms with Gasteiger partial charge in [-0.1, -0.05) is 39.3 Å². The molecule has 2 N–H and O–H groups in total. The second-order valence-electron chi connectivity index (χ2n) is 4.57. The van der Waals surface area contributed by atoms with Crippen molar-refractivity contribution in [1.29, 1.82) is 0 Å². The van der Waals surface area contributed by atoms with Crippen LogP contribution in [0.2, 0.25) is 0 Å². The summed E-state index contributed by atoms with van der Waals surface area (Å²) >= 11 is 3.29. The number of rotatable bonds is 4. The predicted octanol–water partition coefficient (Wildman–Crippen LogP) is 3.14. The lowest BCUT2D eigenvalue weighted by Crippen LogP contribution is -2.15. The number of benzene rings is 2. The molecule has 0 aromatic heterocycles. The van der Waals surface area contributed by atoms with Gasteiger partial charge in [-0.2, -0.15) is 0 Å². The summed E-state index contributed by atoms with van der Waals surface area (Å²) < 4.78 is 0.873. The first-order valence-electron chi connectivity index (χ1n) is 6.45. The van der Waals surface area contributed by atoms with Crippen LogP contribution in [-0.4, -0.2) is 16.7 Å². The van der Waals surface area contributed by atoms with E-state index in [0.29, 0.717) is 5.56 Å². The van der Waals surface area contributed by atoms with Crippen LogP contribution in [0.3, 0.4) is 0 Å². The Morgan fingerprint density at radius 3 is 2.52 bits per heavy atom. The van der Waals surface area contributed by atoms with Crippen LogP contribution in [0.4, 0.5) is 5.69 Å². The molecule has 0 heterocycles. The number of hydrogen-bond donors (Lipinski definition) is 1. The van der Waals surface area contributed by atoms with E-state index in [1.54, 1.807) is 24.3 Å². The zero-order valence-electron chi connectivity index (χ0n) is 12.0. The van der Waals surface area contributed by atoms with Crippen molar-refractivity contribution in [1.82, 2.24) is 0 Å². The van der Waals surface area contributed by atoms with E-state index in [-0.39, 0.29) is 22.6 Å². The van der Waals surface area contributed by atoms with E-state index in [9.17, 15) is 14.9 Å². The van der Waals surface area contributed by atoms with E-state index in [4.69, 9.17) is 10.6 Å². The van der Waals surface area contributed by atoms with Crippen LogP contribution < -0.4 is 5.73 Å². The summed E-state index contributed by atoms with van der Waals surface area (Å²) in [5.74, 6) is -0.791. The van der Waals surface area contributed by atoms with Gasteiger partial charge in [-0.05, 0) is 25.1 Å². The van der Waals surface area contributed by atoms with Gasteiger partial charge in [0.15, 0.2) is 5.84 Å². The number of oxime groups is 1. The van der Waals surface area contributed by atoms with E-state index >= 15 is 0 Å². The average Bonchev–Trinajstić information content (AvgIpc) is 2.53. The third-order valence-corrected chi connectivity index (χ3v) is 3.62. The second kappa shape index (κ2) is 7.01. The van der Waals surface area contributed by atoms with Crippen molar-refractivity contribution in [2.24, 2.45) is 10.9 Å². The molecule has 0 spiro atoms. The highest BCUT2D eigenvalue weighted by Gasteiger charge is 2.19. The maximum Gasteiger partial charge on any atom is 0.366 e. The second-order valence-corrected chi connectivity index (χ2v) is 5.48. The molecule has 0 aliphatic rings. The van der Waals surface area contributed by atoms with Gasteiger partial charge in [0.05, 0.1) is 10.5 Å². The van der Waals surface area contributed by atoms with Gasteiger partial charge in [0.25, 0.3) is 5.69 Å². The van der Waals surface area contributed by atoms with Gasteiger partial charge in [-0.15, -0.1) is 0 Å². The molecule has 0 saturated carbocycles. The highest BCUT2D eigenvalue weighted by atomic mass is 79.9. The normalized spacial score (nSPS) is 11.1. The molecule has 2 aromatic rings. The minimum Gasteiger partial charge on any atom is -0.380 e. The lowest BCUT2D eigenvalue weighted by Gasteiger charge is -2.04. The SMILES string of the molecule is Cc1c(C(=O)O/N=C(\N)c2ccc(Br)cc2)cccc1[N+](=O)[O-]. The van der Waals surface area contributed by atoms with Crippen molar-refractivity contribution >= 4 is 33.4 Å². The molecule has 23 heavy (non-hydrogen) atoms. The molecule has 2 rings (SSSR count). The van der Waals surface area contributed by atoms with Crippen LogP contribution in [-0.2, 0) is 4.84 Å². The van der Waals surface area contributed by atoms with Crippen molar-refractivity contribution in [3.63, 3.8) is 0 Å². The van der Waals surface area contributed by atoms with Crippen molar-refractivity contribution in [3.05, 3.63) is 73.7 Å². The Morgan fingerprint density at radius 1 is 1.26 bits per heavy atom. The summed E-state index contributed by atoms with van der Waals surface area (Å²) in [5.41, 5.74) is 6.42. The number of carbonyl (C=O) groups excluding carboxylic acids is 1. The maximum absolute atomic E-state index is 12.0. The molecule has 0 unspecified atom stereocenters. The first kappa shape index (κ1) is 16.6. The summed E-state index contributed by atoms with van der Waals surface area (Å²) in [7, 11) is 0. The molecule has 0 bridgehead atoms. The number of nitrogens with zero attached hydrogens (tertiary/aromatic N) is 2. The lowest BCUT2D eigenvalue weighted by molar-refractivity contribution is -0.385. The Bertz CT molecular complexity index is 788. The molecule has 0 atom stereocenters. The summed E-state index contributed by atoms with van der Waals surface area (Å²) in [6.07, 6.45) is 0. The molecular formula is C15H12BrN3O4. The zero-order valence-corrected chi connectivity index (χ0v) is 13.6. The van der Waals surface area contributed by atoms with Gasteiger partial charge in [0, 0.05) is 21.7 Å². The van der Waals surface area contributed by atoms with Gasteiger partial charge in [0.1, 0.15) is 0 Å². The molecule has 0 aliphatic heterocycles. The Morgan fingerprint density at radius 2 is 1.91 bits per heavy atom. The highest BCUT2D eigenvalue weighted by molar-refractivity contribution is 9.10. The van der Waals surface area contributed by atoms with E-state index in [1.807, 2.05) is 0 Å². The molecular weight excluding hydrogens is 366 g/mol. The highest BCUT2D eigenvalue weighted by Crippen LogP contribution is 2.21. The number of nitrogens with two attached hydrogens (primary N) is 1. The number of nitro benzene ring substituents is 1. The molecule has 2 aromatic carbocycles. The topological polar surface area (TPSA) is 108 Å². The third-order valence-electron chi connectivity index (χ3n) is 3.09. The van der Waals surface area contributed by atoms with Crippen molar-refractivity contribution in [2.45, 2.75) is 6.92 Å². The first-order valence-corrected chi connectivity index (χ1v) is 7.24. The molecule has 118 valence electrons. The van der Waals surface area contributed by atoms with Gasteiger partial charge in [-0.3, -0.25) is 10.1 Å². The monoisotopic (exact) mass is 377 g/mol. The van der Waals surface area contributed by atoms with Crippen LogP contribution in [0, 0.1) is 17.0 Å². The maximum atomic E-state index is 12.0. The van der Waals surface area contributed by atoms with Crippen molar-refractivity contribution < 1.29 is 14.6 Å². The van der Waals surface area contributed by atoms with Crippen LogP contribution in [0.25, 0.3) is 0 Å². The van der Waals surface area contributed by atoms with E-state index < -0.39 is 10.9 Å². The first-order chi connectivity index (χ1) is 10.9. The van der Waals surface area contributed by atoms with Crippen LogP contribution in [0.5, 0.6) is 0 Å². The Kier molecular flexibility index (Phi) is 5.07. The Labute approximate surface area is 140 Å². The van der Waals surface area contributed by atoms with Gasteiger partial charge in [-0.25, -0.2) is 4.79 Å². The van der Waals surface area contributed by atoms with Crippen molar-refractivity contribution in [2.75, 3.05) is 0 Å². The standard InChI is InChI=1S/C15H12BrN3O4/c1-9-12(3-2-4-13(9)19(21)22)15(20)23-18-14(17)10-5-7-11(16)8-6-10/h2-8H,1H3,(H2,17,18). The van der Waals surface area contributed by atoms with E-state index in [1.165, 1.54) is 25.1 Å². The van der Waals surface area contributed by atoms with E-state index in [2.05, 4.69) is 21.1 Å². The minimum atomic E-state index is -0.814. The predicted molar refractivity (Wildman–Crippen MR) is 88.1 cm³/mol. The van der Waals surface area contributed by atoms with E-state index in [0.717, 1.165) is 4.47 Å². The zero-order chi connectivity index (χ0) is 17.0. The molecule has 7 nitrogen and oxygen atoms in total. The fourth-order valence-corrected chi connectivity index (χ4v) is 2.12. The molecule has 0 radical (unpaired) electrons. The Hall–Kier alpha value is -2.74. The molecule has 8 heteroatoms. The van der Waals surface area contributed by atoms with Crippen LogP contribution >= 0.6 is 15.9 Å². The molecule has 0 aliphatic carbocycles. The Balaban J connectivity index is 2.19. The van der Waals surface area contributed by atoms with Gasteiger partial charge >= 0.3 is 5.97 Å². The number of halogens is 1. The fourth-order valence-electron chi connectivity index (χ4n) is 1.86. The number of hydrogen-bond acceptors (Lipinski definition) is 5. The summed E-state index contributed by atoms with van der Waals surface area (Å²) in [4.78, 5) is 27.1.